The van der Waals surface area contributed by atoms with Gasteiger partial charge in [-0.3, -0.25) is 4.79 Å². The van der Waals surface area contributed by atoms with Gasteiger partial charge in [-0.25, -0.2) is 4.98 Å². The number of hydrogen-bond acceptors (Lipinski definition) is 3. The second-order valence-corrected chi connectivity index (χ2v) is 4.38. The van der Waals surface area contributed by atoms with Crippen LogP contribution < -0.4 is 10.6 Å². The van der Waals surface area contributed by atoms with Gasteiger partial charge in [0.05, 0.1) is 0 Å². The third-order valence-electron chi connectivity index (χ3n) is 2.67. The Kier molecular flexibility index (Phi) is 4.36. The fourth-order valence-electron chi connectivity index (χ4n) is 1.63. The number of rotatable bonds is 4. The molecule has 19 heavy (non-hydrogen) atoms. The summed E-state index contributed by atoms with van der Waals surface area (Å²) < 4.78 is 0. The number of nitrogens with one attached hydrogen (secondary N) is 2. The molecule has 0 aliphatic carbocycles. The minimum absolute atomic E-state index is 0.0829. The predicted octanol–water partition coefficient (Wildman–Crippen LogP) is 2.71. The van der Waals surface area contributed by atoms with E-state index in [2.05, 4.69) is 15.6 Å². The summed E-state index contributed by atoms with van der Waals surface area (Å²) in [5.74, 6) is -0.0829. The number of carbonyl (C=O) groups excluding carboxylic acids is 1. The average molecular weight is 276 g/mol. The SMILES string of the molecule is CNC(=O)c1ccc(CNc2ccnc(Cl)c2)cc1. The van der Waals surface area contributed by atoms with E-state index in [1.54, 1.807) is 31.4 Å². The van der Waals surface area contributed by atoms with Gasteiger partial charge in [0.25, 0.3) is 5.91 Å². The van der Waals surface area contributed by atoms with Crippen molar-refractivity contribution in [2.45, 2.75) is 6.54 Å². The Bertz CT molecular complexity index is 569. The summed E-state index contributed by atoms with van der Waals surface area (Å²) in [7, 11) is 1.62. The molecule has 1 amide bonds. The quantitative estimate of drug-likeness (QED) is 0.844. The molecular formula is C14H14ClN3O. The van der Waals surface area contributed by atoms with Crippen LogP contribution in [0.4, 0.5) is 5.69 Å². The Morgan fingerprint density at radius 1 is 1.26 bits per heavy atom. The van der Waals surface area contributed by atoms with E-state index >= 15 is 0 Å². The number of amides is 1. The van der Waals surface area contributed by atoms with E-state index in [1.165, 1.54) is 0 Å². The number of aromatic nitrogens is 1. The average Bonchev–Trinajstić information content (AvgIpc) is 2.45. The van der Waals surface area contributed by atoms with Crippen molar-refractivity contribution in [3.05, 3.63) is 58.9 Å². The van der Waals surface area contributed by atoms with Gasteiger partial charge in [0, 0.05) is 31.0 Å². The van der Waals surface area contributed by atoms with Crippen LogP contribution in [0.15, 0.2) is 42.6 Å². The molecular weight excluding hydrogens is 262 g/mol. The van der Waals surface area contributed by atoms with Crippen LogP contribution in [0.2, 0.25) is 5.15 Å². The van der Waals surface area contributed by atoms with E-state index < -0.39 is 0 Å². The van der Waals surface area contributed by atoms with Gasteiger partial charge in [-0.05, 0) is 29.8 Å². The van der Waals surface area contributed by atoms with Crippen LogP contribution in [-0.2, 0) is 6.54 Å². The third-order valence-corrected chi connectivity index (χ3v) is 2.87. The summed E-state index contributed by atoms with van der Waals surface area (Å²) in [6, 6.07) is 11.1. The van der Waals surface area contributed by atoms with Gasteiger partial charge in [0.15, 0.2) is 0 Å². The minimum atomic E-state index is -0.0829. The maximum atomic E-state index is 11.4. The monoisotopic (exact) mass is 275 g/mol. The number of halogens is 1. The smallest absolute Gasteiger partial charge is 0.251 e. The number of pyridine rings is 1. The first-order chi connectivity index (χ1) is 9.19. The van der Waals surface area contributed by atoms with Gasteiger partial charge >= 0.3 is 0 Å². The maximum absolute atomic E-state index is 11.4. The number of nitrogens with zero attached hydrogens (tertiary/aromatic N) is 1. The highest BCUT2D eigenvalue weighted by Crippen LogP contribution is 2.13. The van der Waals surface area contributed by atoms with E-state index in [0.717, 1.165) is 11.3 Å². The molecule has 0 radical (unpaired) electrons. The lowest BCUT2D eigenvalue weighted by molar-refractivity contribution is 0.0963. The molecule has 0 saturated heterocycles. The van der Waals surface area contributed by atoms with Gasteiger partial charge in [-0.15, -0.1) is 0 Å². The Morgan fingerprint density at radius 3 is 2.63 bits per heavy atom. The maximum Gasteiger partial charge on any atom is 0.251 e. The van der Waals surface area contributed by atoms with Gasteiger partial charge in [0.1, 0.15) is 5.15 Å². The molecule has 1 aromatic carbocycles. The number of hydrogen-bond donors (Lipinski definition) is 2. The van der Waals surface area contributed by atoms with Crippen molar-refractivity contribution in [1.82, 2.24) is 10.3 Å². The molecule has 0 saturated carbocycles. The molecule has 0 fully saturated rings. The van der Waals surface area contributed by atoms with Gasteiger partial charge < -0.3 is 10.6 Å². The lowest BCUT2D eigenvalue weighted by Crippen LogP contribution is -2.17. The molecule has 2 aromatic rings. The van der Waals surface area contributed by atoms with E-state index in [4.69, 9.17) is 11.6 Å². The summed E-state index contributed by atoms with van der Waals surface area (Å²) in [6.07, 6.45) is 1.65. The molecule has 1 heterocycles. The first-order valence-electron chi connectivity index (χ1n) is 5.85. The summed E-state index contributed by atoms with van der Waals surface area (Å²) in [4.78, 5) is 15.3. The predicted molar refractivity (Wildman–Crippen MR) is 76.4 cm³/mol. The zero-order valence-electron chi connectivity index (χ0n) is 10.5. The van der Waals surface area contributed by atoms with Crippen LogP contribution in [-0.4, -0.2) is 17.9 Å². The molecule has 0 bridgehead atoms. The van der Waals surface area contributed by atoms with Gasteiger partial charge in [0.2, 0.25) is 0 Å². The van der Waals surface area contributed by atoms with Crippen molar-refractivity contribution in [1.29, 1.82) is 0 Å². The van der Waals surface area contributed by atoms with Crippen molar-refractivity contribution in [2.24, 2.45) is 0 Å². The highest BCUT2D eigenvalue weighted by Gasteiger charge is 2.02. The number of anilines is 1. The molecule has 2 N–H and O–H groups in total. The molecule has 0 unspecified atom stereocenters. The van der Waals surface area contributed by atoms with E-state index in [-0.39, 0.29) is 5.91 Å². The summed E-state index contributed by atoms with van der Waals surface area (Å²) >= 11 is 5.80. The molecule has 4 nitrogen and oxygen atoms in total. The molecule has 1 aromatic heterocycles. The van der Waals surface area contributed by atoms with E-state index in [0.29, 0.717) is 17.3 Å². The van der Waals surface area contributed by atoms with Gasteiger partial charge in [-0.1, -0.05) is 23.7 Å². The molecule has 0 aliphatic heterocycles. The Balaban J connectivity index is 1.98. The van der Waals surface area contributed by atoms with Crippen molar-refractivity contribution < 1.29 is 4.79 Å². The van der Waals surface area contributed by atoms with Crippen LogP contribution >= 0.6 is 11.6 Å². The van der Waals surface area contributed by atoms with E-state index in [1.807, 2.05) is 18.2 Å². The second-order valence-electron chi connectivity index (χ2n) is 4.00. The van der Waals surface area contributed by atoms with Crippen LogP contribution in [0.25, 0.3) is 0 Å². The van der Waals surface area contributed by atoms with Crippen LogP contribution in [0.5, 0.6) is 0 Å². The lowest BCUT2D eigenvalue weighted by atomic mass is 10.1. The largest absolute Gasteiger partial charge is 0.381 e. The first kappa shape index (κ1) is 13.4. The second kappa shape index (κ2) is 6.20. The van der Waals surface area contributed by atoms with Gasteiger partial charge in [-0.2, -0.15) is 0 Å². The van der Waals surface area contributed by atoms with Crippen molar-refractivity contribution in [2.75, 3.05) is 12.4 Å². The Labute approximate surface area is 116 Å². The molecule has 0 atom stereocenters. The van der Waals surface area contributed by atoms with Crippen molar-refractivity contribution in [3.63, 3.8) is 0 Å². The summed E-state index contributed by atoms with van der Waals surface area (Å²) in [5, 5.41) is 6.29. The lowest BCUT2D eigenvalue weighted by Gasteiger charge is -2.07. The highest BCUT2D eigenvalue weighted by atomic mass is 35.5. The Hall–Kier alpha value is -2.07. The third kappa shape index (κ3) is 3.69. The van der Waals surface area contributed by atoms with E-state index in [9.17, 15) is 4.79 Å². The fraction of sp³-hybridized carbons (Fsp3) is 0.143. The minimum Gasteiger partial charge on any atom is -0.381 e. The molecule has 2 rings (SSSR count). The zero-order chi connectivity index (χ0) is 13.7. The molecule has 0 spiro atoms. The summed E-state index contributed by atoms with van der Waals surface area (Å²) in [5.41, 5.74) is 2.65. The number of benzene rings is 1. The zero-order valence-corrected chi connectivity index (χ0v) is 11.2. The topological polar surface area (TPSA) is 54.0 Å². The van der Waals surface area contributed by atoms with Crippen molar-refractivity contribution in [3.8, 4) is 0 Å². The highest BCUT2D eigenvalue weighted by molar-refractivity contribution is 6.29. The number of carbonyl (C=O) groups is 1. The molecule has 98 valence electrons. The van der Waals surface area contributed by atoms with Crippen LogP contribution in [0.3, 0.4) is 0 Å². The van der Waals surface area contributed by atoms with Crippen LogP contribution in [0.1, 0.15) is 15.9 Å². The van der Waals surface area contributed by atoms with Crippen LogP contribution in [0, 0.1) is 0 Å². The normalized spacial score (nSPS) is 10.0. The summed E-state index contributed by atoms with van der Waals surface area (Å²) in [6.45, 7) is 0.661. The molecule has 5 heteroatoms. The fourth-order valence-corrected chi connectivity index (χ4v) is 1.81. The standard InChI is InChI=1S/C14H14ClN3O/c1-16-14(19)11-4-2-10(3-5-11)9-18-12-6-7-17-13(15)8-12/h2-8H,9H2,1H3,(H,16,19)(H,17,18). The molecule has 0 aliphatic rings. The van der Waals surface area contributed by atoms with Crippen molar-refractivity contribution >= 4 is 23.2 Å². The Morgan fingerprint density at radius 2 is 2.00 bits per heavy atom. The first-order valence-corrected chi connectivity index (χ1v) is 6.23.